The van der Waals surface area contributed by atoms with Crippen molar-refractivity contribution in [1.29, 1.82) is 0 Å². The summed E-state index contributed by atoms with van der Waals surface area (Å²) in [6, 6.07) is 23.5. The Bertz CT molecular complexity index is 1390. The highest BCUT2D eigenvalue weighted by Crippen LogP contribution is 2.44. The summed E-state index contributed by atoms with van der Waals surface area (Å²) >= 11 is 5.94. The molecule has 4 aromatic rings. The average molecular weight is 481 g/mol. The predicted molar refractivity (Wildman–Crippen MR) is 148 cm³/mol. The number of anilines is 1. The summed E-state index contributed by atoms with van der Waals surface area (Å²) in [5.74, 6) is 0. The SMILES string of the molecule is CCc1cccc(C)c1-n1c(C)cc([C@@H]2[C@@H](c3ccccn3)NC(=S)N2c2cccc(C)c2)c1C. The third-order valence-electron chi connectivity index (χ3n) is 7.09. The molecule has 1 N–H and O–H groups in total. The monoisotopic (exact) mass is 480 g/mol. The van der Waals surface area contributed by atoms with Gasteiger partial charge in [-0.05, 0) is 98.9 Å². The number of rotatable bonds is 5. The maximum atomic E-state index is 5.94. The van der Waals surface area contributed by atoms with Gasteiger partial charge in [0, 0.05) is 23.3 Å². The van der Waals surface area contributed by atoms with E-state index in [0.717, 1.165) is 22.9 Å². The second-order valence-corrected chi connectivity index (χ2v) is 9.82. The first-order valence-electron chi connectivity index (χ1n) is 12.3. The third-order valence-corrected chi connectivity index (χ3v) is 7.41. The smallest absolute Gasteiger partial charge is 0.174 e. The molecule has 35 heavy (non-hydrogen) atoms. The molecule has 0 saturated carbocycles. The molecule has 2 aromatic carbocycles. The number of nitrogens with zero attached hydrogens (tertiary/aromatic N) is 3. The van der Waals surface area contributed by atoms with Crippen molar-refractivity contribution in [1.82, 2.24) is 14.9 Å². The highest BCUT2D eigenvalue weighted by atomic mass is 32.1. The van der Waals surface area contributed by atoms with E-state index in [4.69, 9.17) is 17.2 Å². The molecule has 5 heteroatoms. The molecule has 0 bridgehead atoms. The third kappa shape index (κ3) is 4.04. The van der Waals surface area contributed by atoms with E-state index in [1.54, 1.807) is 0 Å². The Hall–Kier alpha value is -3.44. The lowest BCUT2D eigenvalue weighted by atomic mass is 9.96. The lowest BCUT2D eigenvalue weighted by Crippen LogP contribution is -2.29. The van der Waals surface area contributed by atoms with Gasteiger partial charge in [-0.1, -0.05) is 43.3 Å². The molecular weight excluding hydrogens is 448 g/mol. The minimum Gasteiger partial charge on any atom is -0.351 e. The van der Waals surface area contributed by atoms with Crippen molar-refractivity contribution in [2.45, 2.75) is 53.1 Å². The van der Waals surface area contributed by atoms with E-state index in [0.29, 0.717) is 0 Å². The molecule has 1 aliphatic heterocycles. The van der Waals surface area contributed by atoms with Crippen LogP contribution in [0.1, 0.15) is 58.3 Å². The summed E-state index contributed by atoms with van der Waals surface area (Å²) in [4.78, 5) is 6.99. The Morgan fingerprint density at radius 1 is 0.943 bits per heavy atom. The molecule has 0 aliphatic carbocycles. The molecule has 0 unspecified atom stereocenters. The number of aromatic nitrogens is 2. The molecule has 1 fully saturated rings. The number of pyridine rings is 1. The Labute approximate surface area is 213 Å². The second-order valence-electron chi connectivity index (χ2n) is 9.43. The normalized spacial score (nSPS) is 17.6. The lowest BCUT2D eigenvalue weighted by Gasteiger charge is -2.28. The van der Waals surface area contributed by atoms with Gasteiger partial charge in [-0.15, -0.1) is 0 Å². The molecule has 0 amide bonds. The molecule has 1 aliphatic rings. The zero-order valence-electron chi connectivity index (χ0n) is 21.0. The van der Waals surface area contributed by atoms with Crippen LogP contribution in [0.5, 0.6) is 0 Å². The summed E-state index contributed by atoms with van der Waals surface area (Å²) in [5.41, 5.74) is 11.0. The van der Waals surface area contributed by atoms with Crippen molar-refractivity contribution in [3.8, 4) is 5.69 Å². The lowest BCUT2D eigenvalue weighted by molar-refractivity contribution is 0.565. The van der Waals surface area contributed by atoms with Crippen molar-refractivity contribution >= 4 is 23.0 Å². The molecule has 0 spiro atoms. The first kappa shape index (κ1) is 23.3. The van der Waals surface area contributed by atoms with Gasteiger partial charge < -0.3 is 14.8 Å². The van der Waals surface area contributed by atoms with Gasteiger partial charge in [-0.25, -0.2) is 0 Å². The van der Waals surface area contributed by atoms with Crippen LogP contribution in [-0.4, -0.2) is 14.7 Å². The fourth-order valence-electron chi connectivity index (χ4n) is 5.48. The van der Waals surface area contributed by atoms with E-state index in [-0.39, 0.29) is 12.1 Å². The van der Waals surface area contributed by atoms with E-state index in [2.05, 4.69) is 104 Å². The van der Waals surface area contributed by atoms with Crippen LogP contribution in [0.15, 0.2) is 72.9 Å². The Kier molecular flexibility index (Phi) is 6.20. The topological polar surface area (TPSA) is 33.1 Å². The molecule has 1 saturated heterocycles. The fraction of sp³-hybridized carbons (Fsp3) is 0.267. The molecule has 4 nitrogen and oxygen atoms in total. The Balaban J connectivity index is 1.72. The van der Waals surface area contributed by atoms with Crippen LogP contribution in [-0.2, 0) is 6.42 Å². The number of thiocarbonyl (C=S) groups is 1. The molecule has 5 rings (SSSR count). The van der Waals surface area contributed by atoms with Crippen LogP contribution >= 0.6 is 12.2 Å². The first-order chi connectivity index (χ1) is 16.9. The number of para-hydroxylation sites is 1. The van der Waals surface area contributed by atoms with Gasteiger partial charge in [-0.3, -0.25) is 4.98 Å². The molecule has 0 radical (unpaired) electrons. The number of aryl methyl sites for hydroxylation is 4. The zero-order chi connectivity index (χ0) is 24.7. The van der Waals surface area contributed by atoms with Gasteiger partial charge in [0.1, 0.15) is 0 Å². The van der Waals surface area contributed by atoms with Gasteiger partial charge in [0.15, 0.2) is 5.11 Å². The average Bonchev–Trinajstić information content (AvgIpc) is 3.34. The van der Waals surface area contributed by atoms with Crippen molar-refractivity contribution in [3.63, 3.8) is 0 Å². The maximum Gasteiger partial charge on any atom is 0.174 e. The Morgan fingerprint density at radius 2 is 1.74 bits per heavy atom. The van der Waals surface area contributed by atoms with Crippen molar-refractivity contribution in [2.75, 3.05) is 4.90 Å². The minimum absolute atomic E-state index is 0.0201. The number of benzene rings is 2. The summed E-state index contributed by atoms with van der Waals surface area (Å²) in [7, 11) is 0. The highest BCUT2D eigenvalue weighted by molar-refractivity contribution is 7.80. The second kappa shape index (κ2) is 9.31. The van der Waals surface area contributed by atoms with Crippen molar-refractivity contribution in [2.24, 2.45) is 0 Å². The minimum atomic E-state index is -0.0549. The first-order valence-corrected chi connectivity index (χ1v) is 12.7. The molecule has 2 atom stereocenters. The van der Waals surface area contributed by atoms with Crippen molar-refractivity contribution in [3.05, 3.63) is 112 Å². The summed E-state index contributed by atoms with van der Waals surface area (Å²) < 4.78 is 2.43. The maximum absolute atomic E-state index is 5.94. The summed E-state index contributed by atoms with van der Waals surface area (Å²) in [6.45, 7) is 11.0. The zero-order valence-corrected chi connectivity index (χ0v) is 21.9. The van der Waals surface area contributed by atoms with Gasteiger partial charge in [0.2, 0.25) is 0 Å². The van der Waals surface area contributed by atoms with Crippen LogP contribution in [0.4, 0.5) is 5.69 Å². The van der Waals surface area contributed by atoms with E-state index in [1.165, 1.54) is 39.3 Å². The van der Waals surface area contributed by atoms with Gasteiger partial charge >= 0.3 is 0 Å². The van der Waals surface area contributed by atoms with Crippen molar-refractivity contribution < 1.29 is 0 Å². The fourth-order valence-corrected chi connectivity index (χ4v) is 5.83. The van der Waals surface area contributed by atoms with E-state index < -0.39 is 0 Å². The van der Waals surface area contributed by atoms with Crippen LogP contribution in [0, 0.1) is 27.7 Å². The van der Waals surface area contributed by atoms with Crippen LogP contribution < -0.4 is 10.2 Å². The van der Waals surface area contributed by atoms with Crippen LogP contribution in [0.2, 0.25) is 0 Å². The van der Waals surface area contributed by atoms with E-state index in [9.17, 15) is 0 Å². The van der Waals surface area contributed by atoms with E-state index in [1.807, 2.05) is 18.3 Å². The number of hydrogen-bond acceptors (Lipinski definition) is 2. The van der Waals surface area contributed by atoms with Crippen LogP contribution in [0.25, 0.3) is 5.69 Å². The Morgan fingerprint density at radius 3 is 2.46 bits per heavy atom. The number of nitrogens with one attached hydrogen (secondary N) is 1. The largest absolute Gasteiger partial charge is 0.351 e. The predicted octanol–water partition coefficient (Wildman–Crippen LogP) is 6.85. The van der Waals surface area contributed by atoms with Gasteiger partial charge in [0.05, 0.1) is 23.5 Å². The highest BCUT2D eigenvalue weighted by Gasteiger charge is 2.42. The summed E-state index contributed by atoms with van der Waals surface area (Å²) in [5, 5.41) is 4.33. The molecule has 2 aromatic heterocycles. The number of hydrogen-bond donors (Lipinski definition) is 1. The quantitative estimate of drug-likeness (QED) is 0.317. The standard InChI is InChI=1S/C30H32N4S/c1-6-23-13-10-12-20(3)28(23)33-21(4)18-25(22(33)5)29-27(26-15-7-8-16-31-26)32-30(35)34(29)24-14-9-11-19(2)17-24/h7-18,27,29H,6H2,1-5H3,(H,32,35)/t27-,29-/m1/s1. The van der Waals surface area contributed by atoms with Gasteiger partial charge in [-0.2, -0.15) is 0 Å². The molecule has 178 valence electrons. The van der Waals surface area contributed by atoms with Crippen LogP contribution in [0.3, 0.4) is 0 Å². The van der Waals surface area contributed by atoms with E-state index >= 15 is 0 Å². The molecular formula is C30H32N4S. The van der Waals surface area contributed by atoms with Gasteiger partial charge in [0.25, 0.3) is 0 Å². The summed E-state index contributed by atoms with van der Waals surface area (Å²) in [6.07, 6.45) is 2.85. The molecule has 3 heterocycles.